The Morgan fingerprint density at radius 2 is 2.14 bits per heavy atom. The van der Waals surface area contributed by atoms with Gasteiger partial charge in [0.25, 0.3) is 0 Å². The number of halogens is 3. The fraction of sp³-hybridized carbons (Fsp3) is 0.267. The summed E-state index contributed by atoms with van der Waals surface area (Å²) in [5.41, 5.74) is -0.260. The molecule has 0 fully saturated rings. The molecule has 1 aliphatic rings. The monoisotopic (exact) mass is 307 g/mol. The lowest BCUT2D eigenvalue weighted by atomic mass is 9.96. The third-order valence-electron chi connectivity index (χ3n) is 3.48. The molecule has 0 bridgehead atoms. The van der Waals surface area contributed by atoms with E-state index in [4.69, 9.17) is 0 Å². The Labute approximate surface area is 124 Å². The van der Waals surface area contributed by atoms with Crippen LogP contribution >= 0.6 is 0 Å². The summed E-state index contributed by atoms with van der Waals surface area (Å²) in [6.45, 7) is 1.60. The second-order valence-corrected chi connectivity index (χ2v) is 4.96. The van der Waals surface area contributed by atoms with Crippen LogP contribution in [0.15, 0.2) is 29.4 Å². The number of Topliss-reactive ketones (excluding diaryl/α,β-unsaturated/α-hetero) is 1. The van der Waals surface area contributed by atoms with Crippen LogP contribution in [-0.4, -0.2) is 35.7 Å². The molecule has 2 heterocycles. The summed E-state index contributed by atoms with van der Waals surface area (Å²) in [6.07, 6.45) is -3.10. The topological polar surface area (TPSA) is 54.4 Å². The Bertz CT molecular complexity index is 796. The number of aromatic nitrogens is 1. The van der Waals surface area contributed by atoms with E-state index in [2.05, 4.69) is 15.3 Å². The first-order chi connectivity index (χ1) is 10.4. The molecule has 114 valence electrons. The maximum Gasteiger partial charge on any atom is 0.433 e. The van der Waals surface area contributed by atoms with E-state index in [1.54, 1.807) is 12.1 Å². The van der Waals surface area contributed by atoms with E-state index in [-0.39, 0.29) is 35.7 Å². The number of carbonyl (C=O) groups is 1. The minimum Gasteiger partial charge on any atom is -0.381 e. The van der Waals surface area contributed by atoms with Crippen molar-refractivity contribution in [3.05, 3.63) is 35.5 Å². The van der Waals surface area contributed by atoms with Crippen molar-refractivity contribution in [3.63, 3.8) is 0 Å². The fourth-order valence-corrected chi connectivity index (χ4v) is 2.58. The van der Waals surface area contributed by atoms with Crippen molar-refractivity contribution in [2.24, 2.45) is 4.99 Å². The first kappa shape index (κ1) is 14.5. The van der Waals surface area contributed by atoms with Gasteiger partial charge in [-0.05, 0) is 19.1 Å². The molecule has 0 saturated heterocycles. The van der Waals surface area contributed by atoms with E-state index in [1.165, 1.54) is 19.2 Å². The van der Waals surface area contributed by atoms with Gasteiger partial charge >= 0.3 is 6.18 Å². The molecule has 1 N–H and O–H groups in total. The van der Waals surface area contributed by atoms with E-state index < -0.39 is 11.9 Å². The maximum absolute atomic E-state index is 13.3. The molecule has 7 heteroatoms. The van der Waals surface area contributed by atoms with Crippen molar-refractivity contribution in [3.8, 4) is 0 Å². The highest BCUT2D eigenvalue weighted by Crippen LogP contribution is 2.35. The van der Waals surface area contributed by atoms with Gasteiger partial charge in [0, 0.05) is 29.3 Å². The van der Waals surface area contributed by atoms with Crippen LogP contribution in [0.5, 0.6) is 0 Å². The van der Waals surface area contributed by atoms with Crippen LogP contribution in [0.2, 0.25) is 0 Å². The zero-order valence-corrected chi connectivity index (χ0v) is 11.7. The number of benzene rings is 1. The Kier molecular flexibility index (Phi) is 3.35. The molecule has 22 heavy (non-hydrogen) atoms. The van der Waals surface area contributed by atoms with Crippen LogP contribution in [0.3, 0.4) is 0 Å². The lowest BCUT2D eigenvalue weighted by Crippen LogP contribution is -2.25. The van der Waals surface area contributed by atoms with Gasteiger partial charge in [-0.15, -0.1) is 0 Å². The Morgan fingerprint density at radius 3 is 2.82 bits per heavy atom. The molecule has 0 aliphatic carbocycles. The number of ketones is 1. The molecule has 0 amide bonds. The SMILES string of the molecule is CC(=O)c1cc2c(c3ncccc13)NCCN=C2C(F)(F)F. The lowest BCUT2D eigenvalue weighted by Gasteiger charge is -2.16. The minimum atomic E-state index is -4.59. The molecule has 0 saturated carbocycles. The van der Waals surface area contributed by atoms with Gasteiger partial charge in [0.05, 0.1) is 17.7 Å². The Balaban J connectivity index is 2.41. The molecule has 0 radical (unpaired) electrons. The summed E-state index contributed by atoms with van der Waals surface area (Å²) in [5.74, 6) is -0.313. The summed E-state index contributed by atoms with van der Waals surface area (Å²) < 4.78 is 39.8. The second-order valence-electron chi connectivity index (χ2n) is 4.96. The molecule has 1 aliphatic heterocycles. The number of rotatable bonds is 1. The van der Waals surface area contributed by atoms with Crippen molar-refractivity contribution >= 4 is 28.1 Å². The van der Waals surface area contributed by atoms with Gasteiger partial charge in [-0.1, -0.05) is 6.07 Å². The molecule has 2 aromatic rings. The van der Waals surface area contributed by atoms with E-state index in [1.807, 2.05) is 0 Å². The highest BCUT2D eigenvalue weighted by Gasteiger charge is 2.39. The first-order valence-electron chi connectivity index (χ1n) is 6.68. The molecule has 1 aromatic heterocycles. The summed E-state index contributed by atoms with van der Waals surface area (Å²) in [6, 6.07) is 4.58. The normalized spacial score (nSPS) is 14.8. The standard InChI is InChI=1S/C15H12F3N3O/c1-8(22)10-7-11-13(12-9(10)3-2-4-19-12)20-5-6-21-14(11)15(16,17)18/h2-4,7,20H,5-6H2,1H3. The van der Waals surface area contributed by atoms with Crippen LogP contribution in [0.25, 0.3) is 10.9 Å². The number of anilines is 1. The number of aliphatic imine (C=N–C) groups is 1. The van der Waals surface area contributed by atoms with Crippen molar-refractivity contribution in [1.29, 1.82) is 0 Å². The van der Waals surface area contributed by atoms with Gasteiger partial charge in [0.15, 0.2) is 5.78 Å². The summed E-state index contributed by atoms with van der Waals surface area (Å²) in [4.78, 5) is 19.6. The summed E-state index contributed by atoms with van der Waals surface area (Å²) in [5, 5.41) is 3.48. The fourth-order valence-electron chi connectivity index (χ4n) is 2.58. The zero-order chi connectivity index (χ0) is 15.9. The minimum absolute atomic E-state index is 0.00720. The predicted octanol–water partition coefficient (Wildman–Crippen LogP) is 3.21. The number of fused-ring (bicyclic) bond motifs is 3. The largest absolute Gasteiger partial charge is 0.433 e. The number of pyridine rings is 1. The molecular weight excluding hydrogens is 295 g/mol. The zero-order valence-electron chi connectivity index (χ0n) is 11.7. The number of nitrogens with zero attached hydrogens (tertiary/aromatic N) is 2. The lowest BCUT2D eigenvalue weighted by molar-refractivity contribution is -0.0581. The van der Waals surface area contributed by atoms with Crippen molar-refractivity contribution in [2.75, 3.05) is 18.4 Å². The number of hydrogen-bond donors (Lipinski definition) is 1. The number of carbonyl (C=O) groups excluding carboxylic acids is 1. The van der Waals surface area contributed by atoms with Crippen LogP contribution in [0.4, 0.5) is 18.9 Å². The van der Waals surface area contributed by atoms with Gasteiger partial charge < -0.3 is 5.32 Å². The number of hydrogen-bond acceptors (Lipinski definition) is 4. The van der Waals surface area contributed by atoms with Crippen molar-refractivity contribution in [1.82, 2.24) is 4.98 Å². The third-order valence-corrected chi connectivity index (χ3v) is 3.48. The van der Waals surface area contributed by atoms with E-state index in [9.17, 15) is 18.0 Å². The number of nitrogens with one attached hydrogen (secondary N) is 1. The molecule has 0 atom stereocenters. The van der Waals surface area contributed by atoms with E-state index in [0.29, 0.717) is 10.9 Å². The quantitative estimate of drug-likeness (QED) is 0.823. The average Bonchev–Trinajstić information content (AvgIpc) is 2.68. The van der Waals surface area contributed by atoms with Crippen LogP contribution in [-0.2, 0) is 0 Å². The highest BCUT2D eigenvalue weighted by molar-refractivity contribution is 6.18. The molecule has 0 spiro atoms. The van der Waals surface area contributed by atoms with Crippen LogP contribution in [0.1, 0.15) is 22.8 Å². The smallest absolute Gasteiger partial charge is 0.381 e. The van der Waals surface area contributed by atoms with Gasteiger partial charge in [0.2, 0.25) is 0 Å². The van der Waals surface area contributed by atoms with Crippen molar-refractivity contribution in [2.45, 2.75) is 13.1 Å². The molecule has 0 unspecified atom stereocenters. The third kappa shape index (κ3) is 2.32. The number of alkyl halides is 3. The summed E-state index contributed by atoms with van der Waals surface area (Å²) in [7, 11) is 0. The van der Waals surface area contributed by atoms with Crippen molar-refractivity contribution < 1.29 is 18.0 Å². The van der Waals surface area contributed by atoms with E-state index in [0.717, 1.165) is 0 Å². The molecule has 4 nitrogen and oxygen atoms in total. The van der Waals surface area contributed by atoms with Gasteiger partial charge in [0.1, 0.15) is 5.71 Å². The summed E-state index contributed by atoms with van der Waals surface area (Å²) >= 11 is 0. The Morgan fingerprint density at radius 1 is 1.36 bits per heavy atom. The average molecular weight is 307 g/mol. The predicted molar refractivity (Wildman–Crippen MR) is 77.7 cm³/mol. The molecule has 1 aromatic carbocycles. The van der Waals surface area contributed by atoms with Crippen LogP contribution in [0, 0.1) is 0 Å². The van der Waals surface area contributed by atoms with Gasteiger partial charge in [-0.25, -0.2) is 0 Å². The van der Waals surface area contributed by atoms with E-state index >= 15 is 0 Å². The molecular formula is C15H12F3N3O. The van der Waals surface area contributed by atoms with Gasteiger partial charge in [-0.3, -0.25) is 14.8 Å². The highest BCUT2D eigenvalue weighted by atomic mass is 19.4. The molecule has 3 rings (SSSR count). The van der Waals surface area contributed by atoms with Crippen LogP contribution < -0.4 is 5.32 Å². The Hall–Kier alpha value is -2.44. The first-order valence-corrected chi connectivity index (χ1v) is 6.68. The maximum atomic E-state index is 13.3. The van der Waals surface area contributed by atoms with Gasteiger partial charge in [-0.2, -0.15) is 13.2 Å². The second kappa shape index (κ2) is 5.08.